The first-order chi connectivity index (χ1) is 10.8. The van der Waals surface area contributed by atoms with E-state index >= 15 is 0 Å². The number of hydrogen-bond donors (Lipinski definition) is 1. The Balaban J connectivity index is 2.69. The van der Waals surface area contributed by atoms with Gasteiger partial charge in [-0.15, -0.1) is 0 Å². The Hall–Kier alpha value is -1.76. The molecule has 0 atom stereocenters. The van der Waals surface area contributed by atoms with Crippen molar-refractivity contribution in [2.24, 2.45) is 0 Å². The molecule has 0 saturated heterocycles. The van der Waals surface area contributed by atoms with E-state index in [1.165, 1.54) is 0 Å². The van der Waals surface area contributed by atoms with Gasteiger partial charge < -0.3 is 14.2 Å². The lowest BCUT2D eigenvalue weighted by Crippen LogP contribution is -2.27. The average Bonchev–Trinajstić information content (AvgIpc) is 2.31. The van der Waals surface area contributed by atoms with Crippen LogP contribution in [0.1, 0.15) is 41.5 Å². The minimum absolute atomic E-state index is 0.223. The van der Waals surface area contributed by atoms with Gasteiger partial charge in [-0.1, -0.05) is 15.9 Å². The summed E-state index contributed by atoms with van der Waals surface area (Å²) in [6, 6.07) is 4.98. The van der Waals surface area contributed by atoms with E-state index < -0.39 is 23.3 Å². The summed E-state index contributed by atoms with van der Waals surface area (Å²) in [6.45, 7) is 10.5. The number of hydrogen-bond acceptors (Lipinski definition) is 5. The lowest BCUT2D eigenvalue weighted by Gasteiger charge is -2.20. The number of benzene rings is 1. The Morgan fingerprint density at radius 1 is 1.00 bits per heavy atom. The molecular weight excluding hydrogens is 378 g/mol. The molecule has 0 aliphatic heterocycles. The molecule has 1 amide bonds. The maximum Gasteiger partial charge on any atom is 0.412 e. The Morgan fingerprint density at radius 2 is 1.58 bits per heavy atom. The van der Waals surface area contributed by atoms with Gasteiger partial charge in [-0.2, -0.15) is 0 Å². The zero-order valence-corrected chi connectivity index (χ0v) is 16.4. The zero-order valence-electron chi connectivity index (χ0n) is 14.9. The molecule has 0 saturated carbocycles. The Kier molecular flexibility index (Phi) is 6.66. The standard InChI is InChI=1S/C17H24BrNO5/c1-16(2,3)23-14(20)10-22-13-8-11(18)7-12(9-13)19-15(21)24-17(4,5)6/h7-9H,10H2,1-6H3,(H,19,21). The fraction of sp³-hybridized carbons (Fsp3) is 0.529. The molecule has 1 N–H and O–H groups in total. The van der Waals surface area contributed by atoms with Crippen LogP contribution in [0.5, 0.6) is 5.75 Å². The number of halogens is 1. The highest BCUT2D eigenvalue weighted by atomic mass is 79.9. The van der Waals surface area contributed by atoms with Gasteiger partial charge in [0.15, 0.2) is 6.61 Å². The molecule has 24 heavy (non-hydrogen) atoms. The van der Waals surface area contributed by atoms with Crippen LogP contribution in [-0.4, -0.2) is 29.9 Å². The van der Waals surface area contributed by atoms with E-state index in [4.69, 9.17) is 14.2 Å². The Morgan fingerprint density at radius 3 is 2.12 bits per heavy atom. The highest BCUT2D eigenvalue weighted by molar-refractivity contribution is 9.10. The summed E-state index contributed by atoms with van der Waals surface area (Å²) < 4.78 is 16.5. The normalized spacial score (nSPS) is 11.6. The summed E-state index contributed by atoms with van der Waals surface area (Å²) in [5, 5.41) is 2.62. The van der Waals surface area contributed by atoms with Gasteiger partial charge >= 0.3 is 12.1 Å². The van der Waals surface area contributed by atoms with E-state index in [1.807, 2.05) is 0 Å². The summed E-state index contributed by atoms with van der Waals surface area (Å²) in [5.74, 6) is -0.0505. The molecule has 0 aliphatic rings. The zero-order chi connectivity index (χ0) is 18.5. The van der Waals surface area contributed by atoms with Crippen molar-refractivity contribution < 1.29 is 23.8 Å². The average molecular weight is 402 g/mol. The summed E-state index contributed by atoms with van der Waals surface area (Å²) in [6.07, 6.45) is -0.571. The van der Waals surface area contributed by atoms with Gasteiger partial charge in [0.25, 0.3) is 0 Å². The van der Waals surface area contributed by atoms with Crippen LogP contribution in [0.2, 0.25) is 0 Å². The van der Waals surface area contributed by atoms with E-state index in [1.54, 1.807) is 59.7 Å². The van der Waals surface area contributed by atoms with Crippen LogP contribution >= 0.6 is 15.9 Å². The molecule has 0 fully saturated rings. The minimum Gasteiger partial charge on any atom is -0.482 e. The molecule has 1 rings (SSSR count). The number of nitrogens with one attached hydrogen (secondary N) is 1. The Labute approximate surface area is 151 Å². The van der Waals surface area contributed by atoms with Crippen LogP contribution in [-0.2, 0) is 14.3 Å². The van der Waals surface area contributed by atoms with Crippen molar-refractivity contribution in [3.05, 3.63) is 22.7 Å². The van der Waals surface area contributed by atoms with Crippen molar-refractivity contribution in [1.29, 1.82) is 0 Å². The largest absolute Gasteiger partial charge is 0.482 e. The van der Waals surface area contributed by atoms with Gasteiger partial charge in [-0.3, -0.25) is 5.32 Å². The molecule has 0 bridgehead atoms. The number of esters is 1. The van der Waals surface area contributed by atoms with E-state index in [0.29, 0.717) is 15.9 Å². The molecule has 0 heterocycles. The highest BCUT2D eigenvalue weighted by Gasteiger charge is 2.18. The van der Waals surface area contributed by atoms with Crippen LogP contribution in [0.3, 0.4) is 0 Å². The fourth-order valence-corrected chi connectivity index (χ4v) is 2.13. The minimum atomic E-state index is -0.591. The molecule has 0 radical (unpaired) electrons. The molecule has 1 aromatic carbocycles. The summed E-state index contributed by atoms with van der Waals surface area (Å²) >= 11 is 3.33. The van der Waals surface area contributed by atoms with Crippen LogP contribution < -0.4 is 10.1 Å². The molecule has 6 nitrogen and oxygen atoms in total. The van der Waals surface area contributed by atoms with Gasteiger partial charge in [-0.05, 0) is 53.7 Å². The predicted octanol–water partition coefficient (Wildman–Crippen LogP) is 4.52. The van der Waals surface area contributed by atoms with Gasteiger partial charge in [-0.25, -0.2) is 9.59 Å². The third-order valence-corrected chi connectivity index (χ3v) is 2.75. The predicted molar refractivity (Wildman–Crippen MR) is 95.3 cm³/mol. The lowest BCUT2D eigenvalue weighted by atomic mass is 10.2. The summed E-state index contributed by atoms with van der Waals surface area (Å²) in [4.78, 5) is 23.5. The van der Waals surface area contributed by atoms with Gasteiger partial charge in [0, 0.05) is 16.2 Å². The van der Waals surface area contributed by atoms with Crippen molar-refractivity contribution >= 4 is 33.7 Å². The van der Waals surface area contributed by atoms with Crippen molar-refractivity contribution in [1.82, 2.24) is 0 Å². The first-order valence-electron chi connectivity index (χ1n) is 7.49. The first kappa shape index (κ1) is 20.3. The molecule has 0 spiro atoms. The van der Waals surface area contributed by atoms with Crippen molar-refractivity contribution in [3.8, 4) is 5.75 Å². The van der Waals surface area contributed by atoms with Crippen LogP contribution in [0.4, 0.5) is 10.5 Å². The smallest absolute Gasteiger partial charge is 0.412 e. The number of carbonyl (C=O) groups excluding carboxylic acids is 2. The second kappa shape index (κ2) is 7.88. The maximum atomic E-state index is 11.8. The monoisotopic (exact) mass is 401 g/mol. The number of amides is 1. The second-order valence-electron chi connectivity index (χ2n) is 7.18. The quantitative estimate of drug-likeness (QED) is 0.750. The molecule has 134 valence electrons. The highest BCUT2D eigenvalue weighted by Crippen LogP contribution is 2.25. The van der Waals surface area contributed by atoms with Crippen LogP contribution in [0.15, 0.2) is 22.7 Å². The molecule has 7 heteroatoms. The first-order valence-corrected chi connectivity index (χ1v) is 8.29. The van der Waals surface area contributed by atoms with Crippen molar-refractivity contribution in [3.63, 3.8) is 0 Å². The number of carbonyl (C=O) groups is 2. The number of rotatable bonds is 4. The number of anilines is 1. The van der Waals surface area contributed by atoms with Gasteiger partial charge in [0.2, 0.25) is 0 Å². The third kappa shape index (κ3) is 8.76. The Bertz CT molecular complexity index is 602. The van der Waals surface area contributed by atoms with E-state index in [9.17, 15) is 9.59 Å². The van der Waals surface area contributed by atoms with Crippen molar-refractivity contribution in [2.45, 2.75) is 52.7 Å². The number of ether oxygens (including phenoxy) is 3. The topological polar surface area (TPSA) is 73.9 Å². The SMILES string of the molecule is CC(C)(C)OC(=O)COc1cc(Br)cc(NC(=O)OC(C)(C)C)c1. The molecular formula is C17H24BrNO5. The van der Waals surface area contributed by atoms with Crippen LogP contribution in [0, 0.1) is 0 Å². The second-order valence-corrected chi connectivity index (χ2v) is 8.09. The summed E-state index contributed by atoms with van der Waals surface area (Å²) in [7, 11) is 0. The van der Waals surface area contributed by atoms with Crippen LogP contribution in [0.25, 0.3) is 0 Å². The summed E-state index contributed by atoms with van der Waals surface area (Å²) in [5.41, 5.74) is -0.675. The molecule has 1 aromatic rings. The lowest BCUT2D eigenvalue weighted by molar-refractivity contribution is -0.157. The molecule has 0 aliphatic carbocycles. The van der Waals surface area contributed by atoms with Gasteiger partial charge in [0.05, 0.1) is 0 Å². The van der Waals surface area contributed by atoms with E-state index in [-0.39, 0.29) is 6.61 Å². The third-order valence-electron chi connectivity index (χ3n) is 2.29. The van der Waals surface area contributed by atoms with Crippen molar-refractivity contribution in [2.75, 3.05) is 11.9 Å². The van der Waals surface area contributed by atoms with Gasteiger partial charge in [0.1, 0.15) is 17.0 Å². The molecule has 0 unspecified atom stereocenters. The fourth-order valence-electron chi connectivity index (χ4n) is 1.65. The van der Waals surface area contributed by atoms with E-state index in [2.05, 4.69) is 21.2 Å². The maximum absolute atomic E-state index is 11.8. The van der Waals surface area contributed by atoms with E-state index in [0.717, 1.165) is 0 Å². The molecule has 0 aromatic heterocycles.